The van der Waals surface area contributed by atoms with Crippen molar-refractivity contribution in [3.63, 3.8) is 0 Å². The van der Waals surface area contributed by atoms with Gasteiger partial charge in [-0.15, -0.1) is 13.2 Å². The van der Waals surface area contributed by atoms with Crippen LogP contribution in [0.1, 0.15) is 27.7 Å². The molecule has 22 nitrogen and oxygen atoms in total. The summed E-state index contributed by atoms with van der Waals surface area (Å²) in [5, 5.41) is 64.1. The van der Waals surface area contributed by atoms with Crippen molar-refractivity contribution in [2.75, 3.05) is 53.4 Å². The lowest BCUT2D eigenvalue weighted by atomic mass is 10.4. The monoisotopic (exact) mass is 667 g/mol. The molecule has 0 rings (SSSR count). The van der Waals surface area contributed by atoms with E-state index < -0.39 is 73.9 Å². The normalized spacial score (nSPS) is 7.82. The summed E-state index contributed by atoms with van der Waals surface area (Å²) < 4.78 is 0. The van der Waals surface area contributed by atoms with Gasteiger partial charge < -0.3 is 58.1 Å². The average molecular weight is 668 g/mol. The Bertz CT molecular complexity index is 707. The summed E-state index contributed by atoms with van der Waals surface area (Å²) in [6, 6.07) is 0. The summed E-state index contributed by atoms with van der Waals surface area (Å²) in [6.07, 6.45) is 0.750. The minimum Gasteiger partial charge on any atom is -0.481 e. The summed E-state index contributed by atoms with van der Waals surface area (Å²) in [6.45, 7) is 8.08. The number of carboxylic acid groups (broad SMARTS) is 8. The molecule has 0 saturated carbocycles. The van der Waals surface area contributed by atoms with Crippen LogP contribution in [0.25, 0.3) is 0 Å². The van der Waals surface area contributed by atoms with Crippen molar-refractivity contribution < 1.29 is 84.0 Å². The fourth-order valence-electron chi connectivity index (χ4n) is 1.48. The highest BCUT2D eigenvalue weighted by Gasteiger charge is 2.18. The van der Waals surface area contributed by atoms with Gasteiger partial charge >= 0.3 is 23.9 Å². The van der Waals surface area contributed by atoms with E-state index in [1.54, 1.807) is 14.1 Å². The van der Waals surface area contributed by atoms with E-state index in [-0.39, 0.29) is 25.4 Å². The number of carbonyl (C=O) groups is 9. The lowest BCUT2D eigenvalue weighted by Crippen LogP contribution is -2.43. The lowest BCUT2D eigenvalue weighted by molar-refractivity contribution is -0.145. The molecule has 0 heterocycles. The Morgan fingerprint density at radius 1 is 0.489 bits per heavy atom. The molecular formula is C23H49N5O17. The number of amides is 1. The zero-order valence-corrected chi connectivity index (χ0v) is 26.2. The molecule has 0 fully saturated rings. The predicted molar refractivity (Wildman–Crippen MR) is 158 cm³/mol. The van der Waals surface area contributed by atoms with Gasteiger partial charge in [0.15, 0.2) is 0 Å². The number of hydrogen-bond acceptors (Lipinski definition) is 13. The molecule has 0 aliphatic rings. The first kappa shape index (κ1) is 63.2. The van der Waals surface area contributed by atoms with Crippen LogP contribution in [0.4, 0.5) is 0 Å². The van der Waals surface area contributed by atoms with Crippen LogP contribution in [-0.2, 0) is 43.2 Å². The van der Waals surface area contributed by atoms with Crippen molar-refractivity contribution in [3.8, 4) is 0 Å². The van der Waals surface area contributed by atoms with Gasteiger partial charge in [0.05, 0.1) is 26.2 Å². The maximum atomic E-state index is 10.6. The summed E-state index contributed by atoms with van der Waals surface area (Å²) in [5.74, 6) is -8.24. The van der Waals surface area contributed by atoms with Gasteiger partial charge in [-0.05, 0) is 0 Å². The number of aliphatic carboxylic acids is 8. The fraction of sp³-hybridized carbons (Fsp3) is 0.522. The van der Waals surface area contributed by atoms with Gasteiger partial charge in [-0.3, -0.25) is 53.0 Å². The minimum atomic E-state index is -1.23. The SMILES string of the molecule is C=C.CC(=O)O.CC(=O)O.CC(=O)O.CC(=O)O.CN(C)C=O.N.N.O=C(O)CN(CCN(CC(=O)O)CC(=O)O)CC(=O)O. The maximum absolute atomic E-state index is 10.6. The quantitative estimate of drug-likeness (QED) is 0.0891. The van der Waals surface area contributed by atoms with E-state index in [1.165, 1.54) is 4.90 Å². The van der Waals surface area contributed by atoms with Gasteiger partial charge in [-0.1, -0.05) is 0 Å². The van der Waals surface area contributed by atoms with E-state index in [1.807, 2.05) is 0 Å². The molecule has 0 bridgehead atoms. The van der Waals surface area contributed by atoms with Gasteiger partial charge in [0.1, 0.15) is 0 Å². The van der Waals surface area contributed by atoms with E-state index >= 15 is 0 Å². The van der Waals surface area contributed by atoms with Gasteiger partial charge in [0.25, 0.3) is 23.9 Å². The molecule has 0 aliphatic heterocycles. The highest BCUT2D eigenvalue weighted by atomic mass is 16.4. The number of carbonyl (C=O) groups excluding carboxylic acids is 1. The van der Waals surface area contributed by atoms with E-state index in [2.05, 4.69) is 13.2 Å². The Morgan fingerprint density at radius 2 is 0.600 bits per heavy atom. The highest BCUT2D eigenvalue weighted by molar-refractivity contribution is 5.73. The molecule has 268 valence electrons. The largest absolute Gasteiger partial charge is 0.481 e. The molecule has 1 amide bonds. The lowest BCUT2D eigenvalue weighted by Gasteiger charge is -2.23. The average Bonchev–Trinajstić information content (AvgIpc) is 2.76. The molecule has 0 unspecified atom stereocenters. The molecule has 0 aromatic heterocycles. The second-order valence-corrected chi connectivity index (χ2v) is 7.14. The van der Waals surface area contributed by atoms with E-state index in [9.17, 15) is 24.0 Å². The van der Waals surface area contributed by atoms with E-state index in [0.717, 1.165) is 43.9 Å². The van der Waals surface area contributed by atoms with Gasteiger partial charge in [-0.25, -0.2) is 0 Å². The summed E-state index contributed by atoms with van der Waals surface area (Å²) in [5.41, 5.74) is 0. The van der Waals surface area contributed by atoms with Crippen LogP contribution in [0.2, 0.25) is 0 Å². The molecule has 0 spiro atoms. The predicted octanol–water partition coefficient (Wildman–Crippen LogP) is -0.877. The molecular weight excluding hydrogens is 618 g/mol. The standard InChI is InChI=1S/C10H16N2O8.C3H7NO.4C2H4O2.C2H4.2H3N/c13-7(14)3-11(4-8(15)16)1-2-12(5-9(17)18)6-10(19)20;1-4(2)3-5;4*1-2(3)4;1-2;;/h1-6H2,(H,13,14)(H,15,16)(H,17,18)(H,19,20);3H,1-2H3;4*1H3,(H,3,4);1-2H2;2*1H3. The third-order valence-corrected chi connectivity index (χ3v) is 2.38. The van der Waals surface area contributed by atoms with Crippen LogP contribution >= 0.6 is 0 Å². The number of rotatable bonds is 12. The first-order chi connectivity index (χ1) is 19.4. The Hall–Kier alpha value is -5.19. The Balaban J connectivity index is -0.0000000605. The molecule has 45 heavy (non-hydrogen) atoms. The fourth-order valence-corrected chi connectivity index (χ4v) is 1.48. The molecule has 14 N–H and O–H groups in total. The van der Waals surface area contributed by atoms with Crippen LogP contribution in [0.5, 0.6) is 0 Å². The van der Waals surface area contributed by atoms with Gasteiger partial charge in [-0.2, -0.15) is 0 Å². The summed E-state index contributed by atoms with van der Waals surface area (Å²) in [4.78, 5) is 91.2. The first-order valence-corrected chi connectivity index (χ1v) is 11.1. The number of nitrogens with zero attached hydrogens (tertiary/aromatic N) is 3. The van der Waals surface area contributed by atoms with Gasteiger partial charge in [0, 0.05) is 54.9 Å². The third kappa shape index (κ3) is 166. The molecule has 0 saturated heterocycles. The van der Waals surface area contributed by atoms with Crippen LogP contribution in [-0.4, -0.2) is 163 Å². The Kier molecular flexibility index (Phi) is 64.3. The molecule has 0 radical (unpaired) electrons. The van der Waals surface area contributed by atoms with Crippen molar-refractivity contribution in [1.82, 2.24) is 27.0 Å². The van der Waals surface area contributed by atoms with Crippen LogP contribution in [0, 0.1) is 0 Å². The second kappa shape index (κ2) is 45.8. The van der Waals surface area contributed by atoms with E-state index in [4.69, 9.17) is 60.0 Å². The second-order valence-electron chi connectivity index (χ2n) is 7.14. The van der Waals surface area contributed by atoms with Crippen molar-refractivity contribution in [2.24, 2.45) is 0 Å². The maximum Gasteiger partial charge on any atom is 0.317 e. The molecule has 0 atom stereocenters. The first-order valence-electron chi connectivity index (χ1n) is 11.1. The zero-order valence-electron chi connectivity index (χ0n) is 26.2. The summed E-state index contributed by atoms with van der Waals surface area (Å²) >= 11 is 0. The zero-order chi connectivity index (χ0) is 36.3. The Morgan fingerprint density at radius 3 is 0.667 bits per heavy atom. The van der Waals surface area contributed by atoms with E-state index in [0.29, 0.717) is 0 Å². The molecule has 0 aromatic rings. The smallest absolute Gasteiger partial charge is 0.317 e. The number of carboxylic acids is 8. The molecule has 22 heteroatoms. The van der Waals surface area contributed by atoms with Crippen molar-refractivity contribution in [3.05, 3.63) is 13.2 Å². The molecule has 0 aliphatic carbocycles. The van der Waals surface area contributed by atoms with Crippen LogP contribution in [0.3, 0.4) is 0 Å². The van der Waals surface area contributed by atoms with Crippen molar-refractivity contribution >= 4 is 54.2 Å². The van der Waals surface area contributed by atoms with Gasteiger partial charge in [0.2, 0.25) is 6.41 Å². The third-order valence-electron chi connectivity index (χ3n) is 2.38. The Labute approximate surface area is 259 Å². The van der Waals surface area contributed by atoms with Crippen molar-refractivity contribution in [1.29, 1.82) is 0 Å². The van der Waals surface area contributed by atoms with Crippen LogP contribution in [0.15, 0.2) is 13.2 Å². The minimum absolute atomic E-state index is 0. The molecule has 0 aromatic carbocycles. The topological polar surface area (TPSA) is 395 Å². The number of hydrogen-bond donors (Lipinski definition) is 10. The van der Waals surface area contributed by atoms with Crippen molar-refractivity contribution in [2.45, 2.75) is 27.7 Å². The summed E-state index contributed by atoms with van der Waals surface area (Å²) in [7, 11) is 3.38. The van der Waals surface area contributed by atoms with Crippen LogP contribution < -0.4 is 12.3 Å². The highest BCUT2D eigenvalue weighted by Crippen LogP contribution is 1.94.